The highest BCUT2D eigenvalue weighted by Crippen LogP contribution is 2.20. The molecule has 1 aliphatic rings. The van der Waals surface area contributed by atoms with Crippen molar-refractivity contribution in [3.63, 3.8) is 0 Å². The summed E-state index contributed by atoms with van der Waals surface area (Å²) >= 11 is 0. The van der Waals surface area contributed by atoms with Gasteiger partial charge >= 0.3 is 0 Å². The lowest BCUT2D eigenvalue weighted by molar-refractivity contribution is -0.217. The Morgan fingerprint density at radius 1 is 1.55 bits per heavy atom. The predicted octanol–water partition coefficient (Wildman–Crippen LogP) is 1.12. The molecule has 1 aliphatic heterocycles. The first-order valence-electron chi connectivity index (χ1n) is 3.91. The van der Waals surface area contributed by atoms with Crippen LogP contribution in [0, 0.1) is 0 Å². The van der Waals surface area contributed by atoms with Crippen LogP contribution in [0.5, 0.6) is 0 Å². The van der Waals surface area contributed by atoms with E-state index in [9.17, 15) is 4.79 Å². The van der Waals surface area contributed by atoms with Crippen LogP contribution >= 0.6 is 0 Å². The molecule has 0 amide bonds. The molecule has 1 fully saturated rings. The van der Waals surface area contributed by atoms with Gasteiger partial charge in [-0.3, -0.25) is 0 Å². The zero-order valence-electron chi connectivity index (χ0n) is 7.00. The lowest BCUT2D eigenvalue weighted by Gasteiger charge is -2.24. The van der Waals surface area contributed by atoms with Crippen LogP contribution in [-0.2, 0) is 14.3 Å². The molecule has 1 rings (SSSR count). The smallest absolute Gasteiger partial charge is 0.163 e. The zero-order chi connectivity index (χ0) is 8.32. The Bertz CT molecular complexity index is 142. The maximum Gasteiger partial charge on any atom is 0.163 e. The fourth-order valence-electron chi connectivity index (χ4n) is 1.16. The standard InChI is InChI=1S/C8H14O3/c1-8(2)10-5-3-4-7(6-9)11-8/h6-7H,3-5H2,1-2H3. The third-order valence-corrected chi connectivity index (χ3v) is 1.67. The maximum absolute atomic E-state index is 10.4. The second-order valence-electron chi connectivity index (χ2n) is 3.18. The zero-order valence-corrected chi connectivity index (χ0v) is 7.00. The molecule has 0 radical (unpaired) electrons. The van der Waals surface area contributed by atoms with E-state index in [0.29, 0.717) is 6.61 Å². The summed E-state index contributed by atoms with van der Waals surface area (Å²) in [7, 11) is 0. The summed E-state index contributed by atoms with van der Waals surface area (Å²) in [6, 6.07) is 0. The molecule has 0 N–H and O–H groups in total. The molecule has 1 heterocycles. The van der Waals surface area contributed by atoms with Crippen molar-refractivity contribution in [2.45, 2.75) is 38.6 Å². The van der Waals surface area contributed by atoms with Gasteiger partial charge in [-0.2, -0.15) is 0 Å². The van der Waals surface area contributed by atoms with Gasteiger partial charge in [0.15, 0.2) is 5.79 Å². The minimum atomic E-state index is -0.595. The predicted molar refractivity (Wildman–Crippen MR) is 40.2 cm³/mol. The second-order valence-corrected chi connectivity index (χ2v) is 3.18. The Kier molecular flexibility index (Phi) is 2.62. The van der Waals surface area contributed by atoms with Gasteiger partial charge in [0.2, 0.25) is 0 Å². The van der Waals surface area contributed by atoms with Crippen molar-refractivity contribution >= 4 is 6.29 Å². The maximum atomic E-state index is 10.4. The van der Waals surface area contributed by atoms with Gasteiger partial charge in [-0.1, -0.05) is 0 Å². The molecule has 0 spiro atoms. The largest absolute Gasteiger partial charge is 0.350 e. The van der Waals surface area contributed by atoms with Crippen LogP contribution in [0.3, 0.4) is 0 Å². The van der Waals surface area contributed by atoms with Gasteiger partial charge in [-0.15, -0.1) is 0 Å². The van der Waals surface area contributed by atoms with Crippen molar-refractivity contribution in [1.82, 2.24) is 0 Å². The van der Waals surface area contributed by atoms with Gasteiger partial charge in [0, 0.05) is 0 Å². The number of aldehydes is 1. The van der Waals surface area contributed by atoms with Gasteiger partial charge in [0.1, 0.15) is 12.4 Å². The Morgan fingerprint density at radius 3 is 2.91 bits per heavy atom. The average Bonchev–Trinajstić information content (AvgIpc) is 2.10. The summed E-state index contributed by atoms with van der Waals surface area (Å²) in [4.78, 5) is 10.4. The number of ether oxygens (including phenoxy) is 2. The summed E-state index contributed by atoms with van der Waals surface area (Å²) in [6.07, 6.45) is 2.23. The number of carbonyl (C=O) groups excluding carboxylic acids is 1. The molecule has 1 unspecified atom stereocenters. The molecule has 11 heavy (non-hydrogen) atoms. The Labute approximate surface area is 66.7 Å². The first kappa shape index (κ1) is 8.68. The van der Waals surface area contributed by atoms with Crippen molar-refractivity contribution in [1.29, 1.82) is 0 Å². The Hall–Kier alpha value is -0.410. The molecule has 0 aromatic rings. The Morgan fingerprint density at radius 2 is 2.27 bits per heavy atom. The highest BCUT2D eigenvalue weighted by molar-refractivity contribution is 5.55. The van der Waals surface area contributed by atoms with E-state index in [-0.39, 0.29) is 6.10 Å². The van der Waals surface area contributed by atoms with Crippen LogP contribution in [0.1, 0.15) is 26.7 Å². The highest BCUT2D eigenvalue weighted by Gasteiger charge is 2.26. The topological polar surface area (TPSA) is 35.5 Å². The van der Waals surface area contributed by atoms with E-state index in [0.717, 1.165) is 19.1 Å². The van der Waals surface area contributed by atoms with E-state index in [1.54, 1.807) is 0 Å². The molecular weight excluding hydrogens is 144 g/mol. The van der Waals surface area contributed by atoms with E-state index in [1.807, 2.05) is 13.8 Å². The number of hydrogen-bond donors (Lipinski definition) is 0. The van der Waals surface area contributed by atoms with E-state index in [4.69, 9.17) is 9.47 Å². The SMILES string of the molecule is CC1(C)OCCCC(C=O)O1. The number of hydrogen-bond acceptors (Lipinski definition) is 3. The van der Waals surface area contributed by atoms with E-state index >= 15 is 0 Å². The second kappa shape index (κ2) is 3.32. The third-order valence-electron chi connectivity index (χ3n) is 1.67. The third kappa shape index (κ3) is 2.60. The number of rotatable bonds is 1. The molecular formula is C8H14O3. The summed E-state index contributed by atoms with van der Waals surface area (Å²) < 4.78 is 10.7. The molecule has 1 atom stereocenters. The van der Waals surface area contributed by atoms with Crippen LogP contribution in [0.25, 0.3) is 0 Å². The molecule has 1 saturated heterocycles. The number of carbonyl (C=O) groups is 1. The average molecular weight is 158 g/mol. The van der Waals surface area contributed by atoms with Gasteiger partial charge < -0.3 is 14.3 Å². The lowest BCUT2D eigenvalue weighted by Crippen LogP contribution is -2.31. The van der Waals surface area contributed by atoms with Crippen LogP contribution < -0.4 is 0 Å². The lowest BCUT2D eigenvalue weighted by atomic mass is 10.2. The fraction of sp³-hybridized carbons (Fsp3) is 0.875. The van der Waals surface area contributed by atoms with Crippen LogP contribution in [0.4, 0.5) is 0 Å². The summed E-state index contributed by atoms with van der Waals surface area (Å²) in [6.45, 7) is 4.33. The molecule has 3 nitrogen and oxygen atoms in total. The highest BCUT2D eigenvalue weighted by atomic mass is 16.7. The van der Waals surface area contributed by atoms with Crippen LogP contribution in [-0.4, -0.2) is 24.8 Å². The van der Waals surface area contributed by atoms with Crippen LogP contribution in [0.15, 0.2) is 0 Å². The molecule has 0 saturated carbocycles. The van der Waals surface area contributed by atoms with E-state index < -0.39 is 5.79 Å². The minimum Gasteiger partial charge on any atom is -0.350 e. The summed E-state index contributed by atoms with van der Waals surface area (Å²) in [5, 5.41) is 0. The molecule has 0 aromatic heterocycles. The van der Waals surface area contributed by atoms with Crippen molar-refractivity contribution in [3.8, 4) is 0 Å². The molecule has 0 bridgehead atoms. The molecule has 0 aromatic carbocycles. The summed E-state index contributed by atoms with van der Waals surface area (Å²) in [5.41, 5.74) is 0. The van der Waals surface area contributed by atoms with Gasteiger partial charge in [-0.05, 0) is 26.7 Å². The Balaban J connectivity index is 2.53. The molecule has 3 heteroatoms. The molecule has 0 aliphatic carbocycles. The minimum absolute atomic E-state index is 0.285. The van der Waals surface area contributed by atoms with Crippen molar-refractivity contribution < 1.29 is 14.3 Å². The fourth-order valence-corrected chi connectivity index (χ4v) is 1.16. The van der Waals surface area contributed by atoms with Crippen molar-refractivity contribution in [2.75, 3.05) is 6.61 Å². The normalized spacial score (nSPS) is 30.9. The van der Waals surface area contributed by atoms with Gasteiger partial charge in [0.25, 0.3) is 0 Å². The van der Waals surface area contributed by atoms with Gasteiger partial charge in [0.05, 0.1) is 6.61 Å². The monoisotopic (exact) mass is 158 g/mol. The van der Waals surface area contributed by atoms with Crippen LogP contribution in [0.2, 0.25) is 0 Å². The van der Waals surface area contributed by atoms with Gasteiger partial charge in [-0.25, -0.2) is 0 Å². The van der Waals surface area contributed by atoms with E-state index in [2.05, 4.69) is 0 Å². The first-order chi connectivity index (χ1) is 5.14. The summed E-state index contributed by atoms with van der Waals surface area (Å²) in [5.74, 6) is -0.595. The quantitative estimate of drug-likeness (QED) is 0.536. The van der Waals surface area contributed by atoms with E-state index in [1.165, 1.54) is 0 Å². The van der Waals surface area contributed by atoms with Crippen molar-refractivity contribution in [2.24, 2.45) is 0 Å². The first-order valence-corrected chi connectivity index (χ1v) is 3.91. The molecule has 64 valence electrons. The van der Waals surface area contributed by atoms with Crippen molar-refractivity contribution in [3.05, 3.63) is 0 Å².